The Morgan fingerprint density at radius 3 is 0.777 bits per heavy atom. The molecule has 0 saturated carbocycles. The Labute approximate surface area is 750 Å². The van der Waals surface area contributed by atoms with E-state index in [1.807, 2.05) is 101 Å². The Kier molecular flexibility index (Phi) is 34.6. The van der Waals surface area contributed by atoms with Crippen molar-refractivity contribution in [3.63, 3.8) is 0 Å². The largest absolute Gasteiger partial charge is 0.498 e. The zero-order chi connectivity index (χ0) is 83.0. The minimum Gasteiger partial charge on any atom is -0.399 e. The molecule has 1 fully saturated rings. The van der Waals surface area contributed by atoms with E-state index in [2.05, 4.69) is 412 Å². The van der Waals surface area contributed by atoms with Crippen LogP contribution in [-0.2, 0) is 29.7 Å². The molecule has 0 bridgehead atoms. The fourth-order valence-corrected chi connectivity index (χ4v) is 23.2. The van der Waals surface area contributed by atoms with Crippen LogP contribution in [0.2, 0.25) is 10.3 Å². The van der Waals surface area contributed by atoms with Gasteiger partial charge in [-0.1, -0.05) is 427 Å². The third-order valence-corrected chi connectivity index (χ3v) is 30.7. The third kappa shape index (κ3) is 25.6. The Balaban J connectivity index is 0.000000130. The summed E-state index contributed by atoms with van der Waals surface area (Å²) in [6.45, 7) is 8.04. The van der Waals surface area contributed by atoms with Gasteiger partial charge in [-0.2, -0.15) is 0 Å². The van der Waals surface area contributed by atoms with Gasteiger partial charge < -0.3 is 9.31 Å². The normalized spacial score (nSPS) is 12.0. The topological polar surface area (TPSA) is 70.0 Å². The fraction of sp³-hybridized carbons (Fsp3) is 0.0566. The predicted octanol–water partition coefficient (Wildman–Crippen LogP) is 22.8. The van der Waals surface area contributed by atoms with Crippen LogP contribution >= 0.6 is 70.8 Å². The van der Waals surface area contributed by atoms with Crippen LogP contribution in [0.4, 0.5) is 0 Å². The quantitative estimate of drug-likeness (QED) is 0.0614. The van der Waals surface area contributed by atoms with E-state index in [0.717, 1.165) is 31.8 Å². The molecule has 19 rings (SSSR count). The molecular weight excluding hydrogens is 1750 g/mol. The maximum atomic E-state index is 6.09. The van der Waals surface area contributed by atoms with Gasteiger partial charge in [0, 0.05) is 83.9 Å². The number of benzene rings is 14. The van der Waals surface area contributed by atoms with Crippen molar-refractivity contribution in [1.82, 2.24) is 19.9 Å². The van der Waals surface area contributed by atoms with Crippen molar-refractivity contribution in [2.24, 2.45) is 0 Å². The number of pyridine rings is 4. The molecular formula is C106H90BBrCl2N4O2P4Pd. The molecule has 6 nitrogen and oxygen atoms in total. The summed E-state index contributed by atoms with van der Waals surface area (Å²) in [5.74, 6) is 0. The molecule has 0 amide bonds. The predicted molar refractivity (Wildman–Crippen MR) is 525 cm³/mol. The second-order valence-electron chi connectivity index (χ2n) is 28.5. The van der Waals surface area contributed by atoms with Gasteiger partial charge in [0.2, 0.25) is 0 Å². The summed E-state index contributed by atoms with van der Waals surface area (Å²) in [5.41, 5.74) is 2.10. The van der Waals surface area contributed by atoms with Crippen LogP contribution in [0.1, 0.15) is 27.7 Å². The van der Waals surface area contributed by atoms with E-state index in [4.69, 9.17) is 32.5 Å². The van der Waals surface area contributed by atoms with Crippen LogP contribution in [-0.4, -0.2) is 38.3 Å². The van der Waals surface area contributed by atoms with Gasteiger partial charge in [0.1, 0.15) is 10.3 Å². The Bertz CT molecular complexity index is 5200. The molecule has 1 aliphatic heterocycles. The minimum absolute atomic E-state index is 0. The molecule has 0 atom stereocenters. The van der Waals surface area contributed by atoms with E-state index in [0.29, 0.717) is 10.3 Å². The van der Waals surface area contributed by atoms with Crippen LogP contribution in [0.15, 0.2) is 478 Å². The maximum absolute atomic E-state index is 6.09. The number of halogens is 3. The average Bonchev–Trinajstić information content (AvgIpc) is 1.61. The zero-order valence-electron chi connectivity index (χ0n) is 67.5. The van der Waals surface area contributed by atoms with Crippen molar-refractivity contribution < 1.29 is 29.7 Å². The molecule has 5 heterocycles. The molecule has 0 unspecified atom stereocenters. The van der Waals surface area contributed by atoms with Gasteiger partial charge in [-0.25, -0.2) is 9.97 Å². The molecule has 14 aromatic carbocycles. The van der Waals surface area contributed by atoms with E-state index in [1.165, 1.54) is 74.4 Å². The average molecular weight is 1840 g/mol. The summed E-state index contributed by atoms with van der Waals surface area (Å²) in [7, 11) is -2.22. The first-order valence-corrected chi connectivity index (χ1v) is 46.5. The summed E-state index contributed by atoms with van der Waals surface area (Å²) < 4.78 is 12.9. The number of fused-ring (bicyclic) bond motifs is 2. The van der Waals surface area contributed by atoms with E-state index in [-0.39, 0.29) is 31.6 Å². The molecule has 0 spiro atoms. The Morgan fingerprint density at radius 1 is 0.264 bits per heavy atom. The van der Waals surface area contributed by atoms with Crippen LogP contribution in [0, 0.1) is 0 Å². The summed E-state index contributed by atoms with van der Waals surface area (Å²) in [6.07, 6.45) is 10.6. The van der Waals surface area contributed by atoms with Crippen LogP contribution in [0.25, 0.3) is 32.7 Å². The van der Waals surface area contributed by atoms with Crippen molar-refractivity contribution in [3.8, 4) is 11.1 Å². The van der Waals surface area contributed by atoms with Crippen LogP contribution in [0.5, 0.6) is 0 Å². The van der Waals surface area contributed by atoms with Gasteiger partial charge in [0.15, 0.2) is 0 Å². The second kappa shape index (κ2) is 46.6. The number of nitrogens with zero attached hydrogens (tertiary/aromatic N) is 4. The summed E-state index contributed by atoms with van der Waals surface area (Å²) in [4.78, 5) is 16.2. The monoisotopic (exact) mass is 1840 g/mol. The molecule has 15 heteroatoms. The van der Waals surface area contributed by atoms with Crippen molar-refractivity contribution in [3.05, 3.63) is 489 Å². The van der Waals surface area contributed by atoms with E-state index in [1.54, 1.807) is 24.8 Å². The second-order valence-corrected chi connectivity index (χ2v) is 39.0. The molecule has 4 aromatic heterocycles. The molecule has 600 valence electrons. The molecule has 0 radical (unpaired) electrons. The summed E-state index contributed by atoms with van der Waals surface area (Å²) in [5, 5.41) is 22.4. The van der Waals surface area contributed by atoms with Gasteiger partial charge in [0.05, 0.1) is 11.2 Å². The van der Waals surface area contributed by atoms with Gasteiger partial charge in [-0.15, -0.1) is 0 Å². The molecule has 0 aliphatic carbocycles. The number of hydrogen-bond donors (Lipinski definition) is 0. The number of aromatic nitrogens is 4. The zero-order valence-corrected chi connectivity index (χ0v) is 75.7. The molecule has 121 heavy (non-hydrogen) atoms. The SMILES string of the molecule is Brc1ccc2cnccc2c1.CC1(C)OB(c2cccnc2Cl)OC1(C)C.Clc1ncccc1-c1ccc2cnccc2c1.[Pd].c1ccc(P(c2ccccc2)c2ccccc2)cc1.c1ccc(P(c2ccccc2)c2ccccc2)cc1.c1ccc(P(c2ccccc2)c2ccccc2)cc1.c1ccc(P(c2ccccc2)c2ccccc2)cc1. The van der Waals surface area contributed by atoms with E-state index >= 15 is 0 Å². The van der Waals surface area contributed by atoms with E-state index in [9.17, 15) is 0 Å². The van der Waals surface area contributed by atoms with Crippen molar-refractivity contribution in [1.29, 1.82) is 0 Å². The van der Waals surface area contributed by atoms with Crippen molar-refractivity contribution >= 4 is 169 Å². The van der Waals surface area contributed by atoms with Crippen molar-refractivity contribution in [2.45, 2.75) is 38.9 Å². The standard InChI is InChI=1S/4C18H15P.C14H9ClN2.C11H15BClNO2.C9H6BrN.Pd/c4*1-4-10-16(11-5-1)19(17-12-6-2-7-13-17)18-14-8-3-9-15-18;15-14-13(2-1-6-17-14)11-3-4-12-9-16-7-5-10(12)8-11;1-10(2)11(3,4)16-12(15-10)8-6-5-7-14-9(8)13;10-9-2-1-8-6-11-4-3-7(8)5-9;/h4*1-15H;1-9H;5-7H,1-4H3;1-6H;. The molecule has 1 saturated heterocycles. The van der Waals surface area contributed by atoms with Gasteiger partial charge in [0.25, 0.3) is 0 Å². The molecule has 0 N–H and O–H groups in total. The van der Waals surface area contributed by atoms with Crippen molar-refractivity contribution in [2.75, 3.05) is 0 Å². The van der Waals surface area contributed by atoms with Gasteiger partial charge in [-0.05, 0) is 188 Å². The van der Waals surface area contributed by atoms with Crippen LogP contribution < -0.4 is 69.1 Å². The minimum atomic E-state index is -0.446. The molecule has 1 aliphatic rings. The first-order chi connectivity index (χ1) is 58.8. The first kappa shape index (κ1) is 89.9. The summed E-state index contributed by atoms with van der Waals surface area (Å²) >= 11 is 15.5. The van der Waals surface area contributed by atoms with Gasteiger partial charge >= 0.3 is 7.12 Å². The van der Waals surface area contributed by atoms with Crippen LogP contribution in [0.3, 0.4) is 0 Å². The fourth-order valence-electron chi connectivity index (χ4n) is 13.2. The molecule has 18 aromatic rings. The number of rotatable bonds is 14. The smallest absolute Gasteiger partial charge is 0.399 e. The van der Waals surface area contributed by atoms with Gasteiger partial charge in [-0.3, -0.25) is 9.97 Å². The first-order valence-electron chi connectivity index (χ1n) is 39.6. The maximum Gasteiger partial charge on any atom is 0.498 e. The summed E-state index contributed by atoms with van der Waals surface area (Å²) in [6, 6.07) is 153. The third-order valence-electron chi connectivity index (χ3n) is 19.8. The number of hydrogen-bond acceptors (Lipinski definition) is 6. The van der Waals surface area contributed by atoms with E-state index < -0.39 is 38.8 Å². The Hall–Kier alpha value is -10.4. The Morgan fingerprint density at radius 2 is 0.512 bits per heavy atom.